The number of carbonyl (C=O) groups excluding carboxylic acids is 1. The standard InChI is InChI=1S/C23H23FN2O3S/c1-17-8-14-22(15-9-17)30(28,29)26(21-12-10-20(24)11-13-21)16-23(27)25-18(2)19-6-4-3-5-7-19/h3-15,18H,16H2,1-2H3,(H,25,27)/t18-/m1/s1. The van der Waals surface area contributed by atoms with Gasteiger partial charge in [-0.15, -0.1) is 0 Å². The van der Waals surface area contributed by atoms with Gasteiger partial charge in [0.05, 0.1) is 16.6 Å². The Morgan fingerprint density at radius 2 is 1.57 bits per heavy atom. The molecule has 7 heteroatoms. The van der Waals surface area contributed by atoms with Gasteiger partial charge in [-0.3, -0.25) is 9.10 Å². The topological polar surface area (TPSA) is 66.5 Å². The fourth-order valence-corrected chi connectivity index (χ4v) is 4.42. The second-order valence-electron chi connectivity index (χ2n) is 7.00. The number of hydrogen-bond donors (Lipinski definition) is 1. The predicted octanol–water partition coefficient (Wildman–Crippen LogP) is 4.21. The summed E-state index contributed by atoms with van der Waals surface area (Å²) in [5.41, 5.74) is 2.02. The van der Waals surface area contributed by atoms with Crippen molar-refractivity contribution in [2.45, 2.75) is 24.8 Å². The normalized spacial score (nSPS) is 12.2. The first-order valence-electron chi connectivity index (χ1n) is 9.46. The van der Waals surface area contributed by atoms with Crippen molar-refractivity contribution in [2.24, 2.45) is 0 Å². The molecule has 156 valence electrons. The van der Waals surface area contributed by atoms with E-state index in [1.807, 2.05) is 44.2 Å². The SMILES string of the molecule is Cc1ccc(S(=O)(=O)N(CC(=O)N[C@H](C)c2ccccc2)c2ccc(F)cc2)cc1. The number of nitrogens with zero attached hydrogens (tertiary/aromatic N) is 1. The molecule has 0 aliphatic carbocycles. The first kappa shape index (κ1) is 21.5. The lowest BCUT2D eigenvalue weighted by Gasteiger charge is -2.25. The molecule has 0 bridgehead atoms. The molecular weight excluding hydrogens is 403 g/mol. The van der Waals surface area contributed by atoms with Crippen LogP contribution in [0, 0.1) is 12.7 Å². The monoisotopic (exact) mass is 426 g/mol. The summed E-state index contributed by atoms with van der Waals surface area (Å²) in [7, 11) is -4.03. The molecular formula is C23H23FN2O3S. The summed E-state index contributed by atoms with van der Waals surface area (Å²) in [5, 5.41) is 2.82. The van der Waals surface area contributed by atoms with Crippen LogP contribution in [0.15, 0.2) is 83.8 Å². The Morgan fingerprint density at radius 3 is 2.17 bits per heavy atom. The zero-order valence-electron chi connectivity index (χ0n) is 16.7. The predicted molar refractivity (Wildman–Crippen MR) is 115 cm³/mol. The summed E-state index contributed by atoms with van der Waals surface area (Å²) in [6.45, 7) is 3.25. The van der Waals surface area contributed by atoms with Crippen LogP contribution in [-0.4, -0.2) is 20.9 Å². The van der Waals surface area contributed by atoms with Crippen LogP contribution in [0.1, 0.15) is 24.1 Å². The van der Waals surface area contributed by atoms with Crippen molar-refractivity contribution in [1.29, 1.82) is 0 Å². The molecule has 0 unspecified atom stereocenters. The number of rotatable bonds is 7. The minimum absolute atomic E-state index is 0.0568. The van der Waals surface area contributed by atoms with Crippen LogP contribution in [0.4, 0.5) is 10.1 Å². The fraction of sp³-hybridized carbons (Fsp3) is 0.174. The second kappa shape index (κ2) is 9.09. The number of nitrogens with one attached hydrogen (secondary N) is 1. The lowest BCUT2D eigenvalue weighted by molar-refractivity contribution is -0.120. The third-order valence-electron chi connectivity index (χ3n) is 4.69. The van der Waals surface area contributed by atoms with E-state index in [9.17, 15) is 17.6 Å². The summed E-state index contributed by atoms with van der Waals surface area (Å²) in [4.78, 5) is 12.8. The van der Waals surface area contributed by atoms with Gasteiger partial charge in [0.25, 0.3) is 10.0 Å². The molecule has 1 amide bonds. The second-order valence-corrected chi connectivity index (χ2v) is 8.86. The molecule has 0 saturated carbocycles. The molecule has 5 nitrogen and oxygen atoms in total. The van der Waals surface area contributed by atoms with Crippen molar-refractivity contribution < 1.29 is 17.6 Å². The molecule has 1 atom stereocenters. The smallest absolute Gasteiger partial charge is 0.264 e. The minimum Gasteiger partial charge on any atom is -0.348 e. The highest BCUT2D eigenvalue weighted by Gasteiger charge is 2.27. The van der Waals surface area contributed by atoms with Gasteiger partial charge in [0.2, 0.25) is 5.91 Å². The van der Waals surface area contributed by atoms with Gasteiger partial charge < -0.3 is 5.32 Å². The Hall–Kier alpha value is -3.19. The van der Waals surface area contributed by atoms with Crippen LogP contribution in [0.25, 0.3) is 0 Å². The van der Waals surface area contributed by atoms with E-state index in [0.717, 1.165) is 27.6 Å². The number of aryl methyl sites for hydroxylation is 1. The van der Waals surface area contributed by atoms with Gasteiger partial charge in [-0.25, -0.2) is 12.8 Å². The average molecular weight is 427 g/mol. The van der Waals surface area contributed by atoms with Crippen LogP contribution < -0.4 is 9.62 Å². The number of benzene rings is 3. The largest absolute Gasteiger partial charge is 0.348 e. The van der Waals surface area contributed by atoms with Crippen molar-refractivity contribution in [3.05, 3.63) is 95.8 Å². The molecule has 0 aliphatic heterocycles. The van der Waals surface area contributed by atoms with Crippen molar-refractivity contribution in [1.82, 2.24) is 5.32 Å². The maximum atomic E-state index is 13.4. The van der Waals surface area contributed by atoms with Crippen LogP contribution in [0.5, 0.6) is 0 Å². The van der Waals surface area contributed by atoms with Crippen molar-refractivity contribution in [2.75, 3.05) is 10.8 Å². The third kappa shape index (κ3) is 5.04. The van der Waals surface area contributed by atoms with Gasteiger partial charge in [-0.2, -0.15) is 0 Å². The Labute approximate surface area is 176 Å². The number of amides is 1. The summed E-state index contributed by atoms with van der Waals surface area (Å²) < 4.78 is 40.9. The van der Waals surface area contributed by atoms with E-state index in [2.05, 4.69) is 5.32 Å². The van der Waals surface area contributed by atoms with Gasteiger partial charge in [-0.05, 0) is 55.8 Å². The van der Waals surface area contributed by atoms with Crippen LogP contribution in [-0.2, 0) is 14.8 Å². The van der Waals surface area contributed by atoms with Crippen molar-refractivity contribution >= 4 is 21.6 Å². The fourth-order valence-electron chi connectivity index (χ4n) is 3.00. The van der Waals surface area contributed by atoms with E-state index < -0.39 is 28.3 Å². The van der Waals surface area contributed by atoms with E-state index in [0.29, 0.717) is 0 Å². The van der Waals surface area contributed by atoms with Gasteiger partial charge in [0.15, 0.2) is 0 Å². The molecule has 0 fully saturated rings. The number of anilines is 1. The van der Waals surface area contributed by atoms with Gasteiger partial charge in [0, 0.05) is 0 Å². The van der Waals surface area contributed by atoms with Crippen LogP contribution in [0.3, 0.4) is 0 Å². The Kier molecular flexibility index (Phi) is 6.52. The zero-order valence-corrected chi connectivity index (χ0v) is 17.6. The van der Waals surface area contributed by atoms with Gasteiger partial charge in [0.1, 0.15) is 12.4 Å². The molecule has 0 spiro atoms. The number of carbonyl (C=O) groups is 1. The lowest BCUT2D eigenvalue weighted by Crippen LogP contribution is -2.41. The Morgan fingerprint density at radius 1 is 0.967 bits per heavy atom. The van der Waals surface area contributed by atoms with Crippen molar-refractivity contribution in [3.63, 3.8) is 0 Å². The molecule has 1 N–H and O–H groups in total. The molecule has 3 aromatic rings. The minimum atomic E-state index is -4.03. The molecule has 0 aromatic heterocycles. The van der Waals surface area contributed by atoms with Gasteiger partial charge in [-0.1, -0.05) is 48.0 Å². The highest BCUT2D eigenvalue weighted by molar-refractivity contribution is 7.92. The maximum Gasteiger partial charge on any atom is 0.264 e. The van der Waals surface area contributed by atoms with E-state index in [4.69, 9.17) is 0 Å². The van der Waals surface area contributed by atoms with Gasteiger partial charge >= 0.3 is 0 Å². The van der Waals surface area contributed by atoms with E-state index in [1.165, 1.54) is 24.3 Å². The highest BCUT2D eigenvalue weighted by atomic mass is 32.2. The maximum absolute atomic E-state index is 13.4. The molecule has 0 aliphatic rings. The number of halogens is 1. The quantitative estimate of drug-likeness (QED) is 0.616. The highest BCUT2D eigenvalue weighted by Crippen LogP contribution is 2.24. The van der Waals surface area contributed by atoms with E-state index >= 15 is 0 Å². The molecule has 0 heterocycles. The summed E-state index contributed by atoms with van der Waals surface area (Å²) in [5.74, 6) is -0.958. The Bertz CT molecular complexity index is 1100. The van der Waals surface area contributed by atoms with E-state index in [1.54, 1.807) is 12.1 Å². The van der Waals surface area contributed by atoms with Crippen LogP contribution in [0.2, 0.25) is 0 Å². The molecule has 3 aromatic carbocycles. The molecule has 0 radical (unpaired) electrons. The third-order valence-corrected chi connectivity index (χ3v) is 6.48. The lowest BCUT2D eigenvalue weighted by atomic mass is 10.1. The van der Waals surface area contributed by atoms with E-state index in [-0.39, 0.29) is 16.6 Å². The number of sulfonamides is 1. The molecule has 30 heavy (non-hydrogen) atoms. The Balaban J connectivity index is 1.89. The first-order chi connectivity index (χ1) is 14.3. The summed E-state index contributed by atoms with van der Waals surface area (Å²) in [6.07, 6.45) is 0. The first-order valence-corrected chi connectivity index (χ1v) is 10.9. The summed E-state index contributed by atoms with van der Waals surface area (Å²) >= 11 is 0. The van der Waals surface area contributed by atoms with Crippen LogP contribution >= 0.6 is 0 Å². The zero-order chi connectivity index (χ0) is 21.7. The summed E-state index contributed by atoms with van der Waals surface area (Å²) in [6, 6.07) is 20.4. The number of hydrogen-bond acceptors (Lipinski definition) is 3. The average Bonchev–Trinajstić information content (AvgIpc) is 2.73. The van der Waals surface area contributed by atoms with Crippen molar-refractivity contribution in [3.8, 4) is 0 Å². The molecule has 3 rings (SSSR count). The molecule has 0 saturated heterocycles.